The Morgan fingerprint density at radius 1 is 1.03 bits per heavy atom. The van der Waals surface area contributed by atoms with E-state index in [1.54, 1.807) is 0 Å². The molecule has 2 aliphatic rings. The number of piperidine rings is 1. The smallest absolute Gasteiger partial charge is 0.416 e. The summed E-state index contributed by atoms with van der Waals surface area (Å²) in [7, 11) is -1.82. The number of ether oxygens (including phenoxy) is 1. The van der Waals surface area contributed by atoms with Gasteiger partial charge in [-0.3, -0.25) is 0 Å². The summed E-state index contributed by atoms with van der Waals surface area (Å²) in [4.78, 5) is 0. The summed E-state index contributed by atoms with van der Waals surface area (Å²) in [5, 5.41) is 3.83. The zero-order chi connectivity index (χ0) is 23.6. The van der Waals surface area contributed by atoms with Crippen LogP contribution < -0.4 is 10.1 Å². The summed E-state index contributed by atoms with van der Waals surface area (Å²) < 4.78 is 51.7. The maximum absolute atomic E-state index is 12.9. The Hall–Kier alpha value is -1.05. The van der Waals surface area contributed by atoms with Crippen LogP contribution in [0, 0.1) is 5.92 Å². The summed E-state index contributed by atoms with van der Waals surface area (Å²) in [6.07, 6.45) is 3.46. The van der Waals surface area contributed by atoms with Crippen molar-refractivity contribution in [3.63, 3.8) is 0 Å². The number of hydrogen-bond donors (Lipinski definition) is 1. The van der Waals surface area contributed by atoms with E-state index in [-0.39, 0.29) is 17.2 Å². The van der Waals surface area contributed by atoms with Crippen molar-refractivity contribution in [2.45, 2.75) is 108 Å². The van der Waals surface area contributed by atoms with E-state index in [1.807, 2.05) is 0 Å². The second kappa shape index (κ2) is 10.1. The molecule has 2 fully saturated rings. The first kappa shape index (κ1) is 25.6. The van der Waals surface area contributed by atoms with Crippen LogP contribution in [0.15, 0.2) is 24.3 Å². The highest BCUT2D eigenvalue weighted by Gasteiger charge is 2.40. The van der Waals surface area contributed by atoms with Gasteiger partial charge in [-0.15, -0.1) is 0 Å². The predicted molar refractivity (Wildman–Crippen MR) is 126 cm³/mol. The van der Waals surface area contributed by atoms with Crippen LogP contribution in [0.4, 0.5) is 13.2 Å². The fraction of sp³-hybridized carbons (Fsp3) is 0.760. The minimum atomic E-state index is -4.32. The van der Waals surface area contributed by atoms with Gasteiger partial charge in [0.15, 0.2) is 8.32 Å². The van der Waals surface area contributed by atoms with E-state index in [9.17, 15) is 13.2 Å². The van der Waals surface area contributed by atoms with Gasteiger partial charge in [0.05, 0.1) is 5.56 Å². The molecule has 1 N–H and O–H groups in total. The molecule has 1 saturated heterocycles. The fourth-order valence-electron chi connectivity index (χ4n) is 4.69. The summed E-state index contributed by atoms with van der Waals surface area (Å²) in [5.41, 5.74) is -0.637. The zero-order valence-corrected chi connectivity index (χ0v) is 21.2. The summed E-state index contributed by atoms with van der Waals surface area (Å²) in [6, 6.07) is 5.45. The standard InChI is InChI=1S/C25H40F3NO2Si/c1-24(2,3)32(4,5)31-22-14-15-29-20(16-22)17-23(18-8-6-7-9-18)30-21-12-10-19(11-13-21)25(26,27)28/h10-13,18,20,22-23,29H,6-9,14-17H2,1-5H3/t20-,22+,23-/m1/s1. The predicted octanol–water partition coefficient (Wildman–Crippen LogP) is 7.18. The minimum Gasteiger partial charge on any atom is -0.490 e. The monoisotopic (exact) mass is 471 g/mol. The molecule has 182 valence electrons. The third kappa shape index (κ3) is 6.73. The summed E-state index contributed by atoms with van der Waals surface area (Å²) in [5.74, 6) is 0.987. The molecule has 3 nitrogen and oxygen atoms in total. The lowest BCUT2D eigenvalue weighted by molar-refractivity contribution is -0.137. The molecule has 0 radical (unpaired) electrons. The first-order valence-electron chi connectivity index (χ1n) is 12.1. The van der Waals surface area contributed by atoms with Crippen molar-refractivity contribution >= 4 is 8.32 Å². The number of rotatable bonds is 7. The second-order valence-corrected chi connectivity index (χ2v) is 15.9. The first-order chi connectivity index (χ1) is 14.8. The van der Waals surface area contributed by atoms with Crippen molar-refractivity contribution in [2.75, 3.05) is 6.54 Å². The van der Waals surface area contributed by atoms with Crippen LogP contribution in [0.25, 0.3) is 0 Å². The number of hydrogen-bond acceptors (Lipinski definition) is 3. The van der Waals surface area contributed by atoms with Gasteiger partial charge in [0.1, 0.15) is 11.9 Å². The SMILES string of the molecule is CC(C)(C)[Si](C)(C)O[C@H]1CCN[C@@H](C[C@@H](Oc2ccc(C(F)(F)F)cc2)C2CCCC2)C1. The quantitative estimate of drug-likeness (QED) is 0.427. The lowest BCUT2D eigenvalue weighted by atomic mass is 9.90. The lowest BCUT2D eigenvalue weighted by Crippen LogP contribution is -2.50. The van der Waals surface area contributed by atoms with Gasteiger partial charge in [0.25, 0.3) is 0 Å². The van der Waals surface area contributed by atoms with E-state index >= 15 is 0 Å². The van der Waals surface area contributed by atoms with Gasteiger partial charge in [0.2, 0.25) is 0 Å². The molecule has 32 heavy (non-hydrogen) atoms. The Morgan fingerprint density at radius 3 is 2.22 bits per heavy atom. The Kier molecular flexibility index (Phi) is 8.04. The van der Waals surface area contributed by atoms with Crippen molar-refractivity contribution in [1.29, 1.82) is 0 Å². The number of benzene rings is 1. The maximum Gasteiger partial charge on any atom is 0.416 e. The van der Waals surface area contributed by atoms with Gasteiger partial charge in [-0.25, -0.2) is 0 Å². The molecule has 1 aliphatic heterocycles. The second-order valence-electron chi connectivity index (χ2n) is 11.1. The molecule has 1 aromatic carbocycles. The van der Waals surface area contributed by atoms with Gasteiger partial charge in [-0.1, -0.05) is 33.6 Å². The lowest BCUT2D eigenvalue weighted by Gasteiger charge is -2.42. The third-order valence-electron chi connectivity index (χ3n) is 7.63. The molecule has 0 spiro atoms. The maximum atomic E-state index is 12.9. The Labute approximate surface area is 192 Å². The highest BCUT2D eigenvalue weighted by molar-refractivity contribution is 6.74. The van der Waals surface area contributed by atoms with E-state index in [2.05, 4.69) is 39.2 Å². The van der Waals surface area contributed by atoms with E-state index in [0.717, 1.165) is 50.8 Å². The number of nitrogens with one attached hydrogen (secondary N) is 1. The Balaban J connectivity index is 1.65. The highest BCUT2D eigenvalue weighted by Crippen LogP contribution is 2.39. The van der Waals surface area contributed by atoms with Crippen LogP contribution in [-0.2, 0) is 10.6 Å². The van der Waals surface area contributed by atoms with Crippen molar-refractivity contribution in [2.24, 2.45) is 5.92 Å². The third-order valence-corrected chi connectivity index (χ3v) is 12.2. The zero-order valence-electron chi connectivity index (χ0n) is 20.2. The van der Waals surface area contributed by atoms with Crippen LogP contribution in [0.5, 0.6) is 5.75 Å². The first-order valence-corrected chi connectivity index (χ1v) is 15.0. The van der Waals surface area contributed by atoms with E-state index in [4.69, 9.17) is 9.16 Å². The molecule has 3 atom stereocenters. The van der Waals surface area contributed by atoms with Crippen LogP contribution in [0.1, 0.15) is 71.3 Å². The molecule has 0 amide bonds. The topological polar surface area (TPSA) is 30.5 Å². The van der Waals surface area contributed by atoms with Crippen molar-refractivity contribution < 1.29 is 22.3 Å². The van der Waals surface area contributed by atoms with Crippen molar-refractivity contribution in [3.8, 4) is 5.75 Å². The number of alkyl halides is 3. The van der Waals surface area contributed by atoms with Gasteiger partial charge in [-0.05, 0) is 87.0 Å². The molecular formula is C25H40F3NO2Si. The molecule has 3 rings (SSSR count). The van der Waals surface area contributed by atoms with Crippen molar-refractivity contribution in [1.82, 2.24) is 5.32 Å². The number of halogens is 3. The molecule has 0 unspecified atom stereocenters. The minimum absolute atomic E-state index is 0.0124. The normalized spacial score (nSPS) is 24.5. The van der Waals surface area contributed by atoms with Gasteiger partial charge in [0, 0.05) is 12.1 Å². The molecule has 1 aliphatic carbocycles. The van der Waals surface area contributed by atoms with Crippen LogP contribution in [-0.4, -0.2) is 33.1 Å². The molecule has 7 heteroatoms. The molecule has 1 heterocycles. The van der Waals surface area contributed by atoms with E-state index in [0.29, 0.717) is 17.7 Å². The fourth-order valence-corrected chi connectivity index (χ4v) is 6.09. The molecule has 0 aromatic heterocycles. The highest BCUT2D eigenvalue weighted by atomic mass is 28.4. The summed E-state index contributed by atoms with van der Waals surface area (Å²) >= 11 is 0. The van der Waals surface area contributed by atoms with Crippen molar-refractivity contribution in [3.05, 3.63) is 29.8 Å². The van der Waals surface area contributed by atoms with Gasteiger partial charge >= 0.3 is 6.18 Å². The van der Waals surface area contributed by atoms with Crippen LogP contribution in [0.3, 0.4) is 0 Å². The molecule has 1 saturated carbocycles. The van der Waals surface area contributed by atoms with Crippen LogP contribution >= 0.6 is 0 Å². The average molecular weight is 472 g/mol. The van der Waals surface area contributed by atoms with Gasteiger partial charge < -0.3 is 14.5 Å². The molecule has 0 bridgehead atoms. The molecular weight excluding hydrogens is 431 g/mol. The Morgan fingerprint density at radius 2 is 1.66 bits per heavy atom. The molecule has 1 aromatic rings. The summed E-state index contributed by atoms with van der Waals surface area (Å²) in [6.45, 7) is 12.4. The van der Waals surface area contributed by atoms with E-state index in [1.165, 1.54) is 25.0 Å². The Bertz CT molecular complexity index is 724. The van der Waals surface area contributed by atoms with E-state index < -0.39 is 20.1 Å². The van der Waals surface area contributed by atoms with Crippen LogP contribution in [0.2, 0.25) is 18.1 Å². The largest absolute Gasteiger partial charge is 0.490 e. The average Bonchev–Trinajstić information content (AvgIpc) is 3.21. The van der Waals surface area contributed by atoms with Gasteiger partial charge in [-0.2, -0.15) is 13.2 Å².